The summed E-state index contributed by atoms with van der Waals surface area (Å²) in [6, 6.07) is 12.0. The smallest absolute Gasteiger partial charge is 0.318 e. The fourth-order valence-electron chi connectivity index (χ4n) is 4.67. The topological polar surface area (TPSA) is 105 Å². The largest absolute Gasteiger partial charge is 0.501 e. The predicted octanol–water partition coefficient (Wildman–Crippen LogP) is 2.52. The van der Waals surface area contributed by atoms with Crippen LogP contribution in [0.15, 0.2) is 35.1 Å². The molecule has 2 N–H and O–H groups in total. The van der Waals surface area contributed by atoms with Gasteiger partial charge in [0.1, 0.15) is 18.2 Å². The van der Waals surface area contributed by atoms with Gasteiger partial charge in [0.15, 0.2) is 5.69 Å². The van der Waals surface area contributed by atoms with Gasteiger partial charge in [0.2, 0.25) is 5.75 Å². The summed E-state index contributed by atoms with van der Waals surface area (Å²) in [7, 11) is 0. The Morgan fingerprint density at radius 1 is 1.24 bits per heavy atom. The van der Waals surface area contributed by atoms with Crippen molar-refractivity contribution in [3.63, 3.8) is 0 Å². The monoisotopic (exact) mass is 449 g/mol. The van der Waals surface area contributed by atoms with Crippen molar-refractivity contribution in [3.05, 3.63) is 81.0 Å². The van der Waals surface area contributed by atoms with E-state index in [1.165, 1.54) is 23.1 Å². The lowest BCUT2D eigenvalue weighted by atomic mass is 9.82. The van der Waals surface area contributed by atoms with E-state index in [2.05, 4.69) is 17.1 Å². The molecule has 33 heavy (non-hydrogen) atoms. The van der Waals surface area contributed by atoms with E-state index in [1.54, 1.807) is 19.9 Å². The zero-order chi connectivity index (χ0) is 23.4. The van der Waals surface area contributed by atoms with Crippen LogP contribution in [0.25, 0.3) is 0 Å². The Kier molecular flexibility index (Phi) is 4.74. The summed E-state index contributed by atoms with van der Waals surface area (Å²) in [6.45, 7) is 3.92. The summed E-state index contributed by atoms with van der Waals surface area (Å²) in [5.74, 6) is -2.15. The summed E-state index contributed by atoms with van der Waals surface area (Å²) < 4.78 is 21.5. The summed E-state index contributed by atoms with van der Waals surface area (Å²) in [5, 5.41) is 21.2. The van der Waals surface area contributed by atoms with Crippen LogP contribution >= 0.6 is 0 Å². The van der Waals surface area contributed by atoms with Gasteiger partial charge in [-0.25, -0.2) is 4.39 Å². The lowest BCUT2D eigenvalue weighted by Crippen LogP contribution is -2.49. The van der Waals surface area contributed by atoms with E-state index >= 15 is 0 Å². The van der Waals surface area contributed by atoms with Gasteiger partial charge in [0.25, 0.3) is 11.9 Å². The number of aromatic nitrogens is 2. The van der Waals surface area contributed by atoms with Gasteiger partial charge in [0.05, 0.1) is 6.04 Å². The Labute approximate surface area is 188 Å². The molecule has 2 unspecified atom stereocenters. The fourth-order valence-corrected chi connectivity index (χ4v) is 4.67. The summed E-state index contributed by atoms with van der Waals surface area (Å²) in [4.78, 5) is 30.3. The number of halogens is 1. The van der Waals surface area contributed by atoms with Gasteiger partial charge >= 0.3 is 5.56 Å². The summed E-state index contributed by atoms with van der Waals surface area (Å²) in [6.07, 6.45) is 0. The molecule has 0 saturated heterocycles. The third-order valence-electron chi connectivity index (χ3n) is 6.19. The van der Waals surface area contributed by atoms with Crippen LogP contribution in [0.3, 0.4) is 0 Å². The van der Waals surface area contributed by atoms with Crippen LogP contribution in [0.4, 0.5) is 4.39 Å². The van der Waals surface area contributed by atoms with Crippen LogP contribution in [0.5, 0.6) is 17.5 Å². The second-order valence-corrected chi connectivity index (χ2v) is 8.39. The number of benzene rings is 1. The van der Waals surface area contributed by atoms with E-state index in [-0.39, 0.29) is 24.9 Å². The molecule has 3 aromatic rings. The van der Waals surface area contributed by atoms with Crippen LogP contribution in [-0.4, -0.2) is 43.2 Å². The molecule has 0 fully saturated rings. The first kappa shape index (κ1) is 20.8. The van der Waals surface area contributed by atoms with Crippen molar-refractivity contribution < 1.29 is 24.1 Å². The van der Waals surface area contributed by atoms with E-state index in [0.29, 0.717) is 16.9 Å². The van der Waals surface area contributed by atoms with Crippen LogP contribution in [0.1, 0.15) is 53.0 Å². The normalized spacial score (nSPS) is 19.2. The summed E-state index contributed by atoms with van der Waals surface area (Å²) in [5.41, 5.74) is 0.446. The minimum Gasteiger partial charge on any atom is -0.501 e. The second kappa shape index (κ2) is 7.52. The Bertz CT molecular complexity index is 1340. The maximum Gasteiger partial charge on any atom is 0.318 e. The molecule has 2 atom stereocenters. The maximum atomic E-state index is 14.4. The SMILES string of the molecule is CC(C)N1CC(C2c3c#cccc3COc3ccc(F)cc32)n2c(O)nc(=O)c(O)c2C1=O. The van der Waals surface area contributed by atoms with Crippen molar-refractivity contribution in [2.24, 2.45) is 0 Å². The second-order valence-electron chi connectivity index (χ2n) is 8.39. The molecule has 2 aromatic carbocycles. The van der Waals surface area contributed by atoms with Crippen molar-refractivity contribution in [2.45, 2.75) is 38.5 Å². The van der Waals surface area contributed by atoms with Crippen LogP contribution in [0, 0.1) is 17.9 Å². The molecule has 3 heterocycles. The predicted molar refractivity (Wildman–Crippen MR) is 114 cm³/mol. The third-order valence-corrected chi connectivity index (χ3v) is 6.19. The molecule has 168 valence electrons. The highest BCUT2D eigenvalue weighted by Gasteiger charge is 2.43. The standard InChI is InChI=1S/C24H20FN3O5/c1-12(2)27-10-17(28-20(23(27)31)21(29)22(30)26-24(28)32)19-15-6-4-3-5-13(15)11-33-18-8-7-14(25)9-16(18)19/h3,5,7-9,12,17,19,29H,10-11H2,1-2H3,(H,26,30,32). The minimum absolute atomic E-state index is 0.101. The quantitative estimate of drug-likeness (QED) is 0.623. The highest BCUT2D eigenvalue weighted by Crippen LogP contribution is 2.46. The fraction of sp³-hybridized carbons (Fsp3) is 0.292. The number of carbonyl (C=O) groups excluding carboxylic acids is 1. The number of ether oxygens (including phenoxy) is 1. The molecule has 8 nitrogen and oxygen atoms in total. The van der Waals surface area contributed by atoms with Crippen LogP contribution in [0.2, 0.25) is 0 Å². The zero-order valence-electron chi connectivity index (χ0n) is 17.9. The van der Waals surface area contributed by atoms with Crippen LogP contribution in [-0.2, 0) is 6.61 Å². The molecule has 9 heteroatoms. The number of amides is 1. The Morgan fingerprint density at radius 3 is 2.79 bits per heavy atom. The average molecular weight is 449 g/mol. The highest BCUT2D eigenvalue weighted by atomic mass is 19.1. The Balaban J connectivity index is 1.84. The van der Waals surface area contributed by atoms with E-state index in [1.807, 2.05) is 6.07 Å². The molecule has 1 amide bonds. The molecule has 2 aliphatic heterocycles. The van der Waals surface area contributed by atoms with Gasteiger partial charge in [-0.15, -0.1) is 0 Å². The van der Waals surface area contributed by atoms with Crippen LogP contribution < -0.4 is 10.3 Å². The number of nitrogens with zero attached hydrogens (tertiary/aromatic N) is 3. The molecule has 0 spiro atoms. The Hall–Kier alpha value is -4.06. The first-order valence-corrected chi connectivity index (χ1v) is 10.5. The average Bonchev–Trinajstić information content (AvgIpc) is 2.93. The lowest BCUT2D eigenvalue weighted by molar-refractivity contribution is 0.0572. The van der Waals surface area contributed by atoms with Gasteiger partial charge in [-0.05, 0) is 44.2 Å². The molecule has 1 aromatic heterocycles. The lowest BCUT2D eigenvalue weighted by Gasteiger charge is -2.41. The molecule has 5 rings (SSSR count). The van der Waals surface area contributed by atoms with E-state index < -0.39 is 41.0 Å². The highest BCUT2D eigenvalue weighted by molar-refractivity contribution is 5.96. The molecule has 0 bridgehead atoms. The van der Waals surface area contributed by atoms with E-state index in [0.717, 1.165) is 10.1 Å². The van der Waals surface area contributed by atoms with E-state index in [4.69, 9.17) is 4.74 Å². The molecular formula is C24H20FN3O5. The number of fused-ring (bicyclic) bond motifs is 3. The third kappa shape index (κ3) is 3.18. The van der Waals surface area contributed by atoms with Crippen molar-refractivity contribution in [1.82, 2.24) is 14.5 Å². The molecular weight excluding hydrogens is 429 g/mol. The number of carbonyl (C=O) groups is 1. The van der Waals surface area contributed by atoms with Gasteiger partial charge in [-0.2, -0.15) is 4.98 Å². The minimum atomic E-state index is -1.10. The summed E-state index contributed by atoms with van der Waals surface area (Å²) >= 11 is 0. The number of hydrogen-bond acceptors (Lipinski definition) is 6. The van der Waals surface area contributed by atoms with Crippen molar-refractivity contribution in [3.8, 4) is 17.5 Å². The van der Waals surface area contributed by atoms with Crippen molar-refractivity contribution in [1.29, 1.82) is 0 Å². The van der Waals surface area contributed by atoms with E-state index in [9.17, 15) is 24.2 Å². The van der Waals surface area contributed by atoms with Crippen molar-refractivity contribution in [2.75, 3.05) is 6.54 Å². The first-order chi connectivity index (χ1) is 15.8. The molecule has 0 aliphatic carbocycles. The van der Waals surface area contributed by atoms with Crippen molar-refractivity contribution >= 4 is 5.91 Å². The number of aromatic hydroxyl groups is 2. The number of rotatable bonds is 2. The molecule has 0 radical (unpaired) electrons. The molecule has 0 saturated carbocycles. The first-order valence-electron chi connectivity index (χ1n) is 10.5. The zero-order valence-corrected chi connectivity index (χ0v) is 17.9. The molecule has 2 aliphatic rings. The van der Waals surface area contributed by atoms with Gasteiger partial charge in [-0.3, -0.25) is 14.2 Å². The maximum absolute atomic E-state index is 14.4. The van der Waals surface area contributed by atoms with Gasteiger partial charge in [0, 0.05) is 35.2 Å². The van der Waals surface area contributed by atoms with Gasteiger partial charge in [-0.1, -0.05) is 12.1 Å². The van der Waals surface area contributed by atoms with Gasteiger partial charge < -0.3 is 19.8 Å². The Morgan fingerprint density at radius 2 is 2.03 bits per heavy atom. The number of hydrogen-bond donors (Lipinski definition) is 2.